The summed E-state index contributed by atoms with van der Waals surface area (Å²) in [7, 11) is 0. The van der Waals surface area contributed by atoms with Gasteiger partial charge in [0.2, 0.25) is 0 Å². The molecule has 0 radical (unpaired) electrons. The number of hydrogen-bond acceptors (Lipinski definition) is 4. The number of hydrogen-bond donors (Lipinski definition) is 1. The number of fused-ring (bicyclic) bond motifs is 1. The average Bonchev–Trinajstić information content (AvgIpc) is 2.81. The van der Waals surface area contributed by atoms with Crippen LogP contribution in [0.3, 0.4) is 0 Å². The van der Waals surface area contributed by atoms with E-state index in [1.54, 1.807) is 19.3 Å². The highest BCUT2D eigenvalue weighted by Crippen LogP contribution is 2.22. The van der Waals surface area contributed by atoms with E-state index in [0.29, 0.717) is 17.9 Å². The van der Waals surface area contributed by atoms with Gasteiger partial charge in [0.05, 0.1) is 5.56 Å². The SMILES string of the molecule is Cc1ncc(C(=O)NCc2ccc3c(c2)CCN(C2=CC=C2)CC3)cn1. The molecule has 1 aliphatic carbocycles. The van der Waals surface area contributed by atoms with E-state index in [1.807, 2.05) is 0 Å². The first-order valence-corrected chi connectivity index (χ1v) is 9.00. The lowest BCUT2D eigenvalue weighted by Crippen LogP contribution is -2.26. The van der Waals surface area contributed by atoms with Gasteiger partial charge >= 0.3 is 0 Å². The molecular weight excluding hydrogens is 324 g/mol. The Labute approximate surface area is 153 Å². The van der Waals surface area contributed by atoms with Crippen molar-refractivity contribution in [3.05, 3.63) is 82.6 Å². The van der Waals surface area contributed by atoms with E-state index in [2.05, 4.69) is 56.6 Å². The van der Waals surface area contributed by atoms with Gasteiger partial charge in [-0.05, 0) is 48.6 Å². The van der Waals surface area contributed by atoms with Gasteiger partial charge in [0.15, 0.2) is 0 Å². The zero-order chi connectivity index (χ0) is 17.9. The summed E-state index contributed by atoms with van der Waals surface area (Å²) < 4.78 is 0. The van der Waals surface area contributed by atoms with Gasteiger partial charge in [-0.25, -0.2) is 9.97 Å². The van der Waals surface area contributed by atoms with E-state index in [1.165, 1.54) is 16.8 Å². The van der Waals surface area contributed by atoms with Crippen molar-refractivity contribution in [2.75, 3.05) is 13.1 Å². The molecule has 0 unspecified atom stereocenters. The van der Waals surface area contributed by atoms with Crippen LogP contribution in [0, 0.1) is 6.92 Å². The molecule has 1 aliphatic heterocycles. The zero-order valence-electron chi connectivity index (χ0n) is 14.9. The molecule has 5 heteroatoms. The van der Waals surface area contributed by atoms with Gasteiger partial charge < -0.3 is 10.2 Å². The molecule has 132 valence electrons. The topological polar surface area (TPSA) is 58.1 Å². The van der Waals surface area contributed by atoms with Gasteiger partial charge in [0, 0.05) is 37.7 Å². The Morgan fingerprint density at radius 2 is 1.88 bits per heavy atom. The van der Waals surface area contributed by atoms with Crippen LogP contribution in [0.25, 0.3) is 0 Å². The molecule has 1 aromatic heterocycles. The summed E-state index contributed by atoms with van der Waals surface area (Å²) in [5.41, 5.74) is 5.76. The predicted octanol–water partition coefficient (Wildman–Crippen LogP) is 2.57. The summed E-state index contributed by atoms with van der Waals surface area (Å²) in [6.07, 6.45) is 11.7. The molecule has 2 heterocycles. The van der Waals surface area contributed by atoms with Crippen molar-refractivity contribution in [2.45, 2.75) is 26.3 Å². The lowest BCUT2D eigenvalue weighted by molar-refractivity contribution is 0.0950. The lowest BCUT2D eigenvalue weighted by Gasteiger charge is -2.26. The van der Waals surface area contributed by atoms with Crippen molar-refractivity contribution in [1.29, 1.82) is 0 Å². The fourth-order valence-electron chi connectivity index (χ4n) is 3.33. The Kier molecular flexibility index (Phi) is 4.52. The molecule has 0 saturated heterocycles. The second-order valence-corrected chi connectivity index (χ2v) is 6.74. The second-order valence-electron chi connectivity index (χ2n) is 6.74. The number of aryl methyl sites for hydroxylation is 1. The number of carbonyl (C=O) groups is 1. The minimum atomic E-state index is -0.144. The number of amides is 1. The molecular formula is C21H22N4O. The van der Waals surface area contributed by atoms with E-state index in [0.717, 1.165) is 31.5 Å². The second kappa shape index (κ2) is 7.12. The summed E-state index contributed by atoms with van der Waals surface area (Å²) in [4.78, 5) is 22.8. The summed E-state index contributed by atoms with van der Waals surface area (Å²) in [6, 6.07) is 6.55. The van der Waals surface area contributed by atoms with E-state index in [9.17, 15) is 4.79 Å². The third-order valence-corrected chi connectivity index (χ3v) is 4.97. The first-order chi connectivity index (χ1) is 12.7. The van der Waals surface area contributed by atoms with Crippen LogP contribution in [0.2, 0.25) is 0 Å². The minimum absolute atomic E-state index is 0.144. The van der Waals surface area contributed by atoms with E-state index in [4.69, 9.17) is 0 Å². The normalized spacial score (nSPS) is 15.6. The molecule has 1 amide bonds. The molecule has 2 aliphatic rings. The third-order valence-electron chi connectivity index (χ3n) is 4.97. The Balaban J connectivity index is 1.39. The smallest absolute Gasteiger partial charge is 0.254 e. The van der Waals surface area contributed by atoms with Crippen molar-refractivity contribution >= 4 is 5.91 Å². The maximum atomic E-state index is 12.2. The number of allylic oxidation sites excluding steroid dienone is 3. The van der Waals surface area contributed by atoms with Crippen LogP contribution in [-0.2, 0) is 19.4 Å². The van der Waals surface area contributed by atoms with Crippen LogP contribution in [0.1, 0.15) is 32.9 Å². The first kappa shape index (κ1) is 16.5. The molecule has 0 atom stereocenters. The zero-order valence-corrected chi connectivity index (χ0v) is 14.9. The van der Waals surface area contributed by atoms with Gasteiger partial charge in [-0.2, -0.15) is 0 Å². The number of nitrogens with one attached hydrogen (secondary N) is 1. The van der Waals surface area contributed by atoms with Crippen LogP contribution in [0.5, 0.6) is 0 Å². The molecule has 2 aromatic rings. The van der Waals surface area contributed by atoms with Gasteiger partial charge in [0.1, 0.15) is 5.82 Å². The lowest BCUT2D eigenvalue weighted by atomic mass is 10.00. The predicted molar refractivity (Wildman–Crippen MR) is 101 cm³/mol. The van der Waals surface area contributed by atoms with Crippen molar-refractivity contribution in [3.63, 3.8) is 0 Å². The maximum Gasteiger partial charge on any atom is 0.254 e. The quantitative estimate of drug-likeness (QED) is 0.924. The van der Waals surface area contributed by atoms with Crippen LogP contribution in [0.4, 0.5) is 0 Å². The minimum Gasteiger partial charge on any atom is -0.371 e. The fraction of sp³-hybridized carbons (Fsp3) is 0.286. The number of aromatic nitrogens is 2. The van der Waals surface area contributed by atoms with E-state index in [-0.39, 0.29) is 5.91 Å². The highest BCUT2D eigenvalue weighted by atomic mass is 16.1. The molecule has 0 saturated carbocycles. The highest BCUT2D eigenvalue weighted by molar-refractivity contribution is 5.93. The molecule has 0 spiro atoms. The number of benzene rings is 1. The maximum absolute atomic E-state index is 12.2. The first-order valence-electron chi connectivity index (χ1n) is 9.00. The van der Waals surface area contributed by atoms with Crippen molar-refractivity contribution in [3.8, 4) is 0 Å². The van der Waals surface area contributed by atoms with Crippen LogP contribution in [-0.4, -0.2) is 33.9 Å². The van der Waals surface area contributed by atoms with Crippen LogP contribution < -0.4 is 5.32 Å². The monoisotopic (exact) mass is 346 g/mol. The molecule has 5 nitrogen and oxygen atoms in total. The van der Waals surface area contributed by atoms with Gasteiger partial charge in [-0.1, -0.05) is 24.3 Å². The Morgan fingerprint density at radius 3 is 2.58 bits per heavy atom. The van der Waals surface area contributed by atoms with Crippen molar-refractivity contribution < 1.29 is 4.79 Å². The third kappa shape index (κ3) is 3.52. The van der Waals surface area contributed by atoms with Crippen LogP contribution >= 0.6 is 0 Å². The van der Waals surface area contributed by atoms with Gasteiger partial charge in [-0.15, -0.1) is 0 Å². The summed E-state index contributed by atoms with van der Waals surface area (Å²) in [5, 5.41) is 2.95. The molecule has 4 rings (SSSR count). The Morgan fingerprint density at radius 1 is 1.15 bits per heavy atom. The number of nitrogens with zero attached hydrogens (tertiary/aromatic N) is 3. The highest BCUT2D eigenvalue weighted by Gasteiger charge is 2.16. The van der Waals surface area contributed by atoms with Gasteiger partial charge in [-0.3, -0.25) is 4.79 Å². The van der Waals surface area contributed by atoms with E-state index >= 15 is 0 Å². The molecule has 26 heavy (non-hydrogen) atoms. The standard InChI is InChI=1S/C21H22N4O/c1-15-22-13-19(14-23-15)21(26)24-12-16-5-6-17-7-9-25(20-3-2-4-20)10-8-18(17)11-16/h2-6,11,13-14H,7-10,12H2,1H3,(H,24,26). The van der Waals surface area contributed by atoms with Crippen molar-refractivity contribution in [2.24, 2.45) is 0 Å². The molecule has 0 fully saturated rings. The number of carbonyl (C=O) groups excluding carboxylic acids is 1. The van der Waals surface area contributed by atoms with Gasteiger partial charge in [0.25, 0.3) is 5.91 Å². The summed E-state index contributed by atoms with van der Waals surface area (Å²) in [6.45, 7) is 4.42. The van der Waals surface area contributed by atoms with Crippen molar-refractivity contribution in [1.82, 2.24) is 20.2 Å². The molecule has 1 N–H and O–H groups in total. The fourth-order valence-corrected chi connectivity index (χ4v) is 3.33. The molecule has 1 aromatic carbocycles. The number of rotatable bonds is 4. The Bertz CT molecular complexity index is 883. The molecule has 0 bridgehead atoms. The van der Waals surface area contributed by atoms with Crippen LogP contribution in [0.15, 0.2) is 54.5 Å². The van der Waals surface area contributed by atoms with E-state index < -0.39 is 0 Å². The summed E-state index contributed by atoms with van der Waals surface area (Å²) in [5.74, 6) is 0.518. The Hall–Kier alpha value is -2.95. The average molecular weight is 346 g/mol. The summed E-state index contributed by atoms with van der Waals surface area (Å²) >= 11 is 0. The largest absolute Gasteiger partial charge is 0.371 e.